The molecule has 0 fully saturated rings. The fraction of sp³-hybridized carbons (Fsp3) is 0.286. The van der Waals surface area contributed by atoms with Gasteiger partial charge in [0.15, 0.2) is 17.5 Å². The number of rotatable bonds is 7. The molecule has 0 radical (unpaired) electrons. The van der Waals surface area contributed by atoms with Crippen molar-refractivity contribution in [3.63, 3.8) is 0 Å². The third-order valence-corrected chi connectivity index (χ3v) is 4.06. The second kappa shape index (κ2) is 9.52. The molecule has 0 amide bonds. The Morgan fingerprint density at radius 2 is 1.96 bits per heavy atom. The van der Waals surface area contributed by atoms with E-state index in [-0.39, 0.29) is 6.10 Å². The van der Waals surface area contributed by atoms with Crippen LogP contribution in [0.2, 0.25) is 0 Å². The van der Waals surface area contributed by atoms with Gasteiger partial charge >= 0.3 is 0 Å². The fourth-order valence-electron chi connectivity index (χ4n) is 2.71. The number of benzene rings is 2. The summed E-state index contributed by atoms with van der Waals surface area (Å²) in [6.07, 6.45) is 1.65. The number of hydrogen-bond donors (Lipinski definition) is 2. The number of nitrogens with zero attached hydrogens (tertiary/aromatic N) is 1. The predicted molar refractivity (Wildman–Crippen MR) is 107 cm³/mol. The fourth-order valence-corrected chi connectivity index (χ4v) is 2.71. The summed E-state index contributed by atoms with van der Waals surface area (Å²) in [6, 6.07) is 15.6. The molecule has 1 aliphatic heterocycles. The summed E-state index contributed by atoms with van der Waals surface area (Å²) in [7, 11) is 1.74. The van der Waals surface area contributed by atoms with Crippen LogP contribution >= 0.6 is 0 Å². The highest BCUT2D eigenvalue weighted by atomic mass is 16.6. The smallest absolute Gasteiger partial charge is 0.191 e. The first-order valence-corrected chi connectivity index (χ1v) is 8.94. The molecule has 142 valence electrons. The Labute approximate surface area is 159 Å². The minimum Gasteiger partial charge on any atom is -0.489 e. The lowest BCUT2D eigenvalue weighted by Gasteiger charge is -2.27. The van der Waals surface area contributed by atoms with Gasteiger partial charge in [-0.25, -0.2) is 0 Å². The van der Waals surface area contributed by atoms with E-state index in [1.54, 1.807) is 13.1 Å². The van der Waals surface area contributed by atoms with E-state index in [1.807, 2.05) is 48.5 Å². The van der Waals surface area contributed by atoms with Crippen LogP contribution in [0.4, 0.5) is 0 Å². The quantitative estimate of drug-likeness (QED) is 0.448. The number of guanidine groups is 1. The van der Waals surface area contributed by atoms with Crippen molar-refractivity contribution in [2.75, 3.05) is 26.8 Å². The van der Waals surface area contributed by atoms with Crippen molar-refractivity contribution in [1.82, 2.24) is 10.6 Å². The Morgan fingerprint density at radius 3 is 2.78 bits per heavy atom. The molecule has 1 unspecified atom stereocenters. The molecule has 3 rings (SSSR count). The molecule has 2 N–H and O–H groups in total. The normalized spacial score (nSPS) is 15.7. The molecule has 1 aliphatic rings. The van der Waals surface area contributed by atoms with E-state index in [0.717, 1.165) is 22.8 Å². The second-order valence-electron chi connectivity index (χ2n) is 6.01. The Hall–Kier alpha value is -3.15. The van der Waals surface area contributed by atoms with Crippen LogP contribution in [0.15, 0.2) is 66.2 Å². The van der Waals surface area contributed by atoms with Crippen molar-refractivity contribution in [3.05, 3.63) is 66.7 Å². The van der Waals surface area contributed by atoms with Crippen molar-refractivity contribution in [2.24, 2.45) is 4.99 Å². The van der Waals surface area contributed by atoms with Gasteiger partial charge < -0.3 is 24.8 Å². The zero-order chi connectivity index (χ0) is 18.9. The van der Waals surface area contributed by atoms with Crippen LogP contribution in [0.25, 0.3) is 0 Å². The first kappa shape index (κ1) is 18.6. The largest absolute Gasteiger partial charge is 0.489 e. The van der Waals surface area contributed by atoms with Gasteiger partial charge in [0.2, 0.25) is 0 Å². The maximum atomic E-state index is 5.95. The highest BCUT2D eigenvalue weighted by molar-refractivity contribution is 5.79. The van der Waals surface area contributed by atoms with Crippen LogP contribution in [-0.4, -0.2) is 38.9 Å². The van der Waals surface area contributed by atoms with Gasteiger partial charge in [-0.05, 0) is 18.2 Å². The van der Waals surface area contributed by atoms with Crippen LogP contribution < -0.4 is 24.8 Å². The SMILES string of the molecule is C=CCOc1ccccc1CNC(=NC)NCC1COc2ccccc2O1. The molecule has 0 bridgehead atoms. The number of hydrogen-bond acceptors (Lipinski definition) is 4. The maximum absolute atomic E-state index is 5.95. The lowest BCUT2D eigenvalue weighted by atomic mass is 10.2. The predicted octanol–water partition coefficient (Wildman–Crippen LogP) is 2.76. The summed E-state index contributed by atoms with van der Waals surface area (Å²) in [5.41, 5.74) is 1.05. The Morgan fingerprint density at radius 1 is 1.19 bits per heavy atom. The number of ether oxygens (including phenoxy) is 3. The average molecular weight is 367 g/mol. The van der Waals surface area contributed by atoms with Crippen molar-refractivity contribution in [1.29, 1.82) is 0 Å². The van der Waals surface area contributed by atoms with Crippen LogP contribution in [-0.2, 0) is 6.54 Å². The van der Waals surface area contributed by atoms with Gasteiger partial charge in [0.05, 0.1) is 6.54 Å². The zero-order valence-electron chi connectivity index (χ0n) is 15.5. The third kappa shape index (κ3) is 5.17. The van der Waals surface area contributed by atoms with E-state index in [1.165, 1.54) is 0 Å². The molecule has 2 aromatic rings. The van der Waals surface area contributed by atoms with E-state index >= 15 is 0 Å². The van der Waals surface area contributed by atoms with E-state index < -0.39 is 0 Å². The molecule has 0 saturated carbocycles. The highest BCUT2D eigenvalue weighted by Gasteiger charge is 2.20. The molecule has 1 heterocycles. The molecule has 1 atom stereocenters. The summed E-state index contributed by atoms with van der Waals surface area (Å²) in [5, 5.41) is 6.58. The minimum absolute atomic E-state index is 0.0818. The van der Waals surface area contributed by atoms with Gasteiger partial charge in [-0.15, -0.1) is 0 Å². The van der Waals surface area contributed by atoms with Crippen molar-refractivity contribution in [2.45, 2.75) is 12.6 Å². The van der Waals surface area contributed by atoms with E-state index in [9.17, 15) is 0 Å². The molecule has 6 nitrogen and oxygen atoms in total. The highest BCUT2D eigenvalue weighted by Crippen LogP contribution is 2.30. The lowest BCUT2D eigenvalue weighted by molar-refractivity contribution is 0.0936. The topological polar surface area (TPSA) is 64.1 Å². The number of para-hydroxylation sites is 3. The van der Waals surface area contributed by atoms with Crippen LogP contribution in [0, 0.1) is 0 Å². The van der Waals surface area contributed by atoms with Crippen molar-refractivity contribution >= 4 is 5.96 Å². The van der Waals surface area contributed by atoms with Gasteiger partial charge in [-0.3, -0.25) is 4.99 Å². The summed E-state index contributed by atoms with van der Waals surface area (Å²) in [6.45, 7) is 5.84. The third-order valence-electron chi connectivity index (χ3n) is 4.06. The molecular formula is C21H25N3O3. The number of aliphatic imine (C=N–C) groups is 1. The Bertz CT molecular complexity index is 792. The molecule has 6 heteroatoms. The van der Waals surface area contributed by atoms with Crippen LogP contribution in [0.1, 0.15) is 5.56 Å². The van der Waals surface area contributed by atoms with Crippen molar-refractivity contribution in [3.8, 4) is 17.2 Å². The van der Waals surface area contributed by atoms with Crippen LogP contribution in [0.5, 0.6) is 17.2 Å². The lowest BCUT2D eigenvalue weighted by Crippen LogP contribution is -2.45. The molecular weight excluding hydrogens is 342 g/mol. The van der Waals surface area contributed by atoms with Gasteiger partial charge in [-0.1, -0.05) is 43.0 Å². The first-order chi connectivity index (χ1) is 13.3. The Kier molecular flexibility index (Phi) is 6.57. The number of nitrogens with one attached hydrogen (secondary N) is 2. The van der Waals surface area contributed by atoms with Gasteiger partial charge in [-0.2, -0.15) is 0 Å². The maximum Gasteiger partial charge on any atom is 0.191 e. The molecule has 0 saturated heterocycles. The van der Waals surface area contributed by atoms with Gasteiger partial charge in [0.25, 0.3) is 0 Å². The summed E-state index contributed by atoms with van der Waals surface area (Å²) >= 11 is 0. The Balaban J connectivity index is 1.50. The van der Waals surface area contributed by atoms with Gasteiger partial charge in [0, 0.05) is 19.2 Å². The summed E-state index contributed by atoms with van der Waals surface area (Å²) < 4.78 is 17.4. The summed E-state index contributed by atoms with van der Waals surface area (Å²) in [4.78, 5) is 4.26. The molecule has 27 heavy (non-hydrogen) atoms. The van der Waals surface area contributed by atoms with E-state index in [0.29, 0.717) is 32.3 Å². The van der Waals surface area contributed by atoms with E-state index in [4.69, 9.17) is 14.2 Å². The van der Waals surface area contributed by atoms with Crippen LogP contribution in [0.3, 0.4) is 0 Å². The first-order valence-electron chi connectivity index (χ1n) is 8.94. The van der Waals surface area contributed by atoms with E-state index in [2.05, 4.69) is 22.2 Å². The van der Waals surface area contributed by atoms with Crippen molar-refractivity contribution < 1.29 is 14.2 Å². The average Bonchev–Trinajstić information content (AvgIpc) is 2.73. The molecule has 0 aromatic heterocycles. The molecule has 0 aliphatic carbocycles. The zero-order valence-corrected chi connectivity index (χ0v) is 15.5. The monoisotopic (exact) mass is 367 g/mol. The molecule has 2 aromatic carbocycles. The second-order valence-corrected chi connectivity index (χ2v) is 6.01. The minimum atomic E-state index is -0.0818. The van der Waals surface area contributed by atoms with Gasteiger partial charge in [0.1, 0.15) is 25.1 Å². The molecule has 0 spiro atoms. The summed E-state index contributed by atoms with van der Waals surface area (Å²) in [5.74, 6) is 3.08. The number of fused-ring (bicyclic) bond motifs is 1. The standard InChI is InChI=1S/C21H25N3O3/c1-3-12-25-18-9-5-4-8-16(18)13-23-21(22-2)24-14-17-15-26-19-10-6-7-11-20(19)27-17/h3-11,17H,1,12-15H2,2H3,(H2,22,23,24).